The van der Waals surface area contributed by atoms with Crippen molar-refractivity contribution >= 4 is 5.91 Å². The highest BCUT2D eigenvalue weighted by atomic mass is 19.1. The summed E-state index contributed by atoms with van der Waals surface area (Å²) in [7, 11) is 0. The van der Waals surface area contributed by atoms with Crippen molar-refractivity contribution in [3.05, 3.63) is 47.8 Å². The molecule has 4 heteroatoms. The van der Waals surface area contributed by atoms with Crippen LogP contribution in [0, 0.1) is 12.7 Å². The van der Waals surface area contributed by atoms with Gasteiger partial charge in [0.25, 0.3) is 5.91 Å². The lowest BCUT2D eigenvalue weighted by atomic mass is 10.1. The van der Waals surface area contributed by atoms with Crippen molar-refractivity contribution in [1.82, 2.24) is 4.90 Å². The lowest BCUT2D eigenvalue weighted by Crippen LogP contribution is -2.34. The first kappa shape index (κ1) is 13.4. The molecule has 0 unspecified atom stereocenters. The molecule has 0 heterocycles. The molecule has 0 atom stereocenters. The van der Waals surface area contributed by atoms with Crippen LogP contribution in [-0.2, 0) is 0 Å². The summed E-state index contributed by atoms with van der Waals surface area (Å²) in [5.41, 5.74) is 1.03. The number of aryl methyl sites for hydroxylation is 1. The van der Waals surface area contributed by atoms with Crippen LogP contribution in [0.3, 0.4) is 0 Å². The van der Waals surface area contributed by atoms with Gasteiger partial charge < -0.3 is 10.0 Å². The Hall–Kier alpha value is -1.68. The highest BCUT2D eigenvalue weighted by Gasteiger charge is 2.16. The lowest BCUT2D eigenvalue weighted by Gasteiger charge is -2.20. The molecule has 1 amide bonds. The van der Waals surface area contributed by atoms with Gasteiger partial charge in [-0.3, -0.25) is 4.79 Å². The third-order valence-electron chi connectivity index (χ3n) is 2.43. The first-order valence-electron chi connectivity index (χ1n) is 5.37. The number of halogens is 1. The number of aliphatic hydroxyl groups is 1. The highest BCUT2D eigenvalue weighted by Crippen LogP contribution is 2.12. The summed E-state index contributed by atoms with van der Waals surface area (Å²) >= 11 is 0. The Kier molecular flexibility index (Phi) is 4.84. The van der Waals surface area contributed by atoms with Crippen LogP contribution in [0.25, 0.3) is 0 Å². The van der Waals surface area contributed by atoms with Crippen LogP contribution in [0.5, 0.6) is 0 Å². The van der Waals surface area contributed by atoms with Crippen molar-refractivity contribution in [2.24, 2.45) is 0 Å². The van der Waals surface area contributed by atoms with Crippen LogP contribution in [0.1, 0.15) is 15.9 Å². The van der Waals surface area contributed by atoms with Crippen LogP contribution < -0.4 is 0 Å². The summed E-state index contributed by atoms with van der Waals surface area (Å²) in [5, 5.41) is 8.88. The van der Waals surface area contributed by atoms with Gasteiger partial charge in [-0.2, -0.15) is 0 Å². The second kappa shape index (κ2) is 6.15. The fraction of sp³-hybridized carbons (Fsp3) is 0.308. The summed E-state index contributed by atoms with van der Waals surface area (Å²) in [4.78, 5) is 13.6. The molecule has 92 valence electrons. The molecule has 0 aliphatic rings. The van der Waals surface area contributed by atoms with E-state index >= 15 is 0 Å². The number of amides is 1. The summed E-state index contributed by atoms with van der Waals surface area (Å²) in [6.07, 6.45) is 1.59. The number of aliphatic hydroxyl groups excluding tert-OH is 1. The Bertz CT molecular complexity index is 418. The van der Waals surface area contributed by atoms with E-state index in [1.165, 1.54) is 23.1 Å². The van der Waals surface area contributed by atoms with Gasteiger partial charge in [-0.25, -0.2) is 4.39 Å². The third kappa shape index (κ3) is 3.39. The molecular weight excluding hydrogens is 221 g/mol. The van der Waals surface area contributed by atoms with E-state index in [4.69, 9.17) is 5.11 Å². The smallest absolute Gasteiger partial charge is 0.254 e. The molecule has 3 nitrogen and oxygen atoms in total. The van der Waals surface area contributed by atoms with E-state index in [9.17, 15) is 9.18 Å². The van der Waals surface area contributed by atoms with Crippen LogP contribution >= 0.6 is 0 Å². The fourth-order valence-corrected chi connectivity index (χ4v) is 1.59. The first-order chi connectivity index (χ1) is 8.10. The van der Waals surface area contributed by atoms with Crippen molar-refractivity contribution in [1.29, 1.82) is 0 Å². The summed E-state index contributed by atoms with van der Waals surface area (Å²) in [6, 6.07) is 4.03. The minimum atomic E-state index is -0.364. The molecule has 0 saturated heterocycles. The number of hydrogen-bond donors (Lipinski definition) is 1. The molecule has 17 heavy (non-hydrogen) atoms. The van der Waals surface area contributed by atoms with Gasteiger partial charge in [0.05, 0.1) is 6.61 Å². The van der Waals surface area contributed by atoms with Gasteiger partial charge in [0.2, 0.25) is 0 Å². The van der Waals surface area contributed by atoms with E-state index in [-0.39, 0.29) is 24.9 Å². The van der Waals surface area contributed by atoms with Gasteiger partial charge in [0, 0.05) is 18.7 Å². The molecule has 0 aliphatic heterocycles. The maximum absolute atomic E-state index is 12.9. The van der Waals surface area contributed by atoms with Gasteiger partial charge in [0.1, 0.15) is 5.82 Å². The predicted molar refractivity (Wildman–Crippen MR) is 64.3 cm³/mol. The van der Waals surface area contributed by atoms with Gasteiger partial charge in [-0.15, -0.1) is 6.58 Å². The zero-order valence-electron chi connectivity index (χ0n) is 9.82. The largest absolute Gasteiger partial charge is 0.395 e. The van der Waals surface area contributed by atoms with Gasteiger partial charge in [0.15, 0.2) is 0 Å². The Labute approximate surface area is 100 Å². The number of carbonyl (C=O) groups excluding carboxylic acids is 1. The Balaban J connectivity index is 2.96. The maximum atomic E-state index is 12.9. The average molecular weight is 237 g/mol. The minimum absolute atomic E-state index is 0.111. The first-order valence-corrected chi connectivity index (χ1v) is 5.37. The van der Waals surface area contributed by atoms with Crippen LogP contribution in [-0.4, -0.2) is 35.6 Å². The molecule has 1 rings (SSSR count). The maximum Gasteiger partial charge on any atom is 0.254 e. The zero-order valence-corrected chi connectivity index (χ0v) is 9.82. The highest BCUT2D eigenvalue weighted by molar-refractivity contribution is 5.95. The number of rotatable bonds is 5. The second-order valence-corrected chi connectivity index (χ2v) is 3.72. The third-order valence-corrected chi connectivity index (χ3v) is 2.43. The van der Waals surface area contributed by atoms with Gasteiger partial charge in [-0.05, 0) is 30.7 Å². The van der Waals surface area contributed by atoms with E-state index in [2.05, 4.69) is 6.58 Å². The van der Waals surface area contributed by atoms with Crippen molar-refractivity contribution < 1.29 is 14.3 Å². The molecule has 0 fully saturated rings. The minimum Gasteiger partial charge on any atom is -0.395 e. The van der Waals surface area contributed by atoms with E-state index in [1.807, 2.05) is 0 Å². The Morgan fingerprint density at radius 3 is 2.82 bits per heavy atom. The average Bonchev–Trinajstić information content (AvgIpc) is 2.28. The number of carbonyl (C=O) groups is 1. The molecule has 1 aromatic carbocycles. The molecule has 1 N–H and O–H groups in total. The molecule has 0 aliphatic carbocycles. The van der Waals surface area contributed by atoms with Gasteiger partial charge in [-0.1, -0.05) is 6.08 Å². The predicted octanol–water partition coefficient (Wildman–Crippen LogP) is 1.75. The quantitative estimate of drug-likeness (QED) is 0.793. The monoisotopic (exact) mass is 237 g/mol. The molecular formula is C13H16FNO2. The van der Waals surface area contributed by atoms with E-state index in [1.54, 1.807) is 13.0 Å². The normalized spacial score (nSPS) is 10.1. The molecule has 1 aromatic rings. The molecule has 0 saturated carbocycles. The van der Waals surface area contributed by atoms with Crippen LogP contribution in [0.4, 0.5) is 4.39 Å². The lowest BCUT2D eigenvalue weighted by molar-refractivity contribution is 0.0742. The standard InChI is InChI=1S/C13H16FNO2/c1-3-6-15(7-8-16)13(17)12-5-4-11(14)9-10(12)2/h3-5,9,16H,1,6-8H2,2H3. The topological polar surface area (TPSA) is 40.5 Å². The van der Waals surface area contributed by atoms with Crippen LogP contribution in [0.2, 0.25) is 0 Å². The molecule has 0 radical (unpaired) electrons. The van der Waals surface area contributed by atoms with E-state index < -0.39 is 0 Å². The van der Waals surface area contributed by atoms with Crippen molar-refractivity contribution in [2.45, 2.75) is 6.92 Å². The molecule has 0 bridgehead atoms. The van der Waals surface area contributed by atoms with E-state index in [0.717, 1.165) is 0 Å². The van der Waals surface area contributed by atoms with E-state index in [0.29, 0.717) is 17.7 Å². The van der Waals surface area contributed by atoms with Crippen molar-refractivity contribution in [3.63, 3.8) is 0 Å². The summed E-state index contributed by atoms with van der Waals surface area (Å²) in [6.45, 7) is 5.73. The number of benzene rings is 1. The van der Waals surface area contributed by atoms with Crippen molar-refractivity contribution in [3.8, 4) is 0 Å². The number of hydrogen-bond acceptors (Lipinski definition) is 2. The molecule has 0 spiro atoms. The van der Waals surface area contributed by atoms with Gasteiger partial charge >= 0.3 is 0 Å². The Morgan fingerprint density at radius 2 is 2.29 bits per heavy atom. The van der Waals surface area contributed by atoms with Crippen molar-refractivity contribution in [2.75, 3.05) is 19.7 Å². The summed E-state index contributed by atoms with van der Waals surface area (Å²) in [5.74, 6) is -0.590. The molecule has 0 aromatic heterocycles. The summed E-state index contributed by atoms with van der Waals surface area (Å²) < 4.78 is 12.9. The zero-order chi connectivity index (χ0) is 12.8. The fourth-order valence-electron chi connectivity index (χ4n) is 1.59. The SMILES string of the molecule is C=CCN(CCO)C(=O)c1ccc(F)cc1C. The Morgan fingerprint density at radius 1 is 1.59 bits per heavy atom. The second-order valence-electron chi connectivity index (χ2n) is 3.72. The number of nitrogens with zero attached hydrogens (tertiary/aromatic N) is 1. The van der Waals surface area contributed by atoms with Crippen LogP contribution in [0.15, 0.2) is 30.9 Å².